The summed E-state index contributed by atoms with van der Waals surface area (Å²) in [6.07, 6.45) is 1.17. The van der Waals surface area contributed by atoms with Gasteiger partial charge in [0.1, 0.15) is 0 Å². The van der Waals surface area contributed by atoms with E-state index in [1.807, 2.05) is 13.0 Å². The van der Waals surface area contributed by atoms with E-state index in [-0.39, 0.29) is 0 Å². The van der Waals surface area contributed by atoms with Gasteiger partial charge in [0.05, 0.1) is 10.9 Å². The molecule has 5 nitrogen and oxygen atoms in total. The lowest BCUT2D eigenvalue weighted by atomic mass is 10.2. The van der Waals surface area contributed by atoms with Gasteiger partial charge in [-0.3, -0.25) is 9.80 Å². The van der Waals surface area contributed by atoms with Crippen molar-refractivity contribution in [1.82, 2.24) is 19.9 Å². The minimum absolute atomic E-state index is 0.541. The zero-order chi connectivity index (χ0) is 14.8. The summed E-state index contributed by atoms with van der Waals surface area (Å²) in [6, 6.07) is 4.63. The molecule has 21 heavy (non-hydrogen) atoms. The topological polar surface area (TPSA) is 45.4 Å². The van der Waals surface area contributed by atoms with Gasteiger partial charge < -0.3 is 4.52 Å². The van der Waals surface area contributed by atoms with Crippen LogP contribution in [0.15, 0.2) is 16.7 Å². The van der Waals surface area contributed by atoms with E-state index in [2.05, 4.69) is 33.1 Å². The van der Waals surface area contributed by atoms with Gasteiger partial charge in [0.15, 0.2) is 5.82 Å². The highest BCUT2D eigenvalue weighted by Gasteiger charge is 2.26. The molecule has 1 aliphatic heterocycles. The third kappa shape index (κ3) is 3.83. The maximum absolute atomic E-state index is 5.99. The Morgan fingerprint density at radius 2 is 2.38 bits per heavy atom. The van der Waals surface area contributed by atoms with Crippen molar-refractivity contribution in [3.8, 4) is 0 Å². The van der Waals surface area contributed by atoms with Crippen LogP contribution >= 0.6 is 22.9 Å². The zero-order valence-electron chi connectivity index (χ0n) is 12.3. The molecule has 3 heterocycles. The molecule has 1 unspecified atom stereocenters. The summed E-state index contributed by atoms with van der Waals surface area (Å²) in [6.45, 7) is 5.74. The molecule has 2 aromatic heterocycles. The Hall–Kier alpha value is -0.950. The van der Waals surface area contributed by atoms with E-state index < -0.39 is 0 Å². The second kappa shape index (κ2) is 6.44. The van der Waals surface area contributed by atoms with Gasteiger partial charge in [-0.05, 0) is 25.6 Å². The highest BCUT2D eigenvalue weighted by atomic mass is 35.5. The van der Waals surface area contributed by atoms with E-state index in [1.165, 1.54) is 11.3 Å². The normalized spacial score (nSPS) is 19.7. The third-order valence-corrected chi connectivity index (χ3v) is 5.06. The van der Waals surface area contributed by atoms with E-state index in [1.54, 1.807) is 11.3 Å². The average Bonchev–Trinajstić information content (AvgIpc) is 3.13. The highest BCUT2D eigenvalue weighted by molar-refractivity contribution is 7.16. The Bertz CT molecular complexity index is 599. The maximum atomic E-state index is 5.99. The Kier molecular flexibility index (Phi) is 4.59. The number of hydrogen-bond acceptors (Lipinski definition) is 6. The first-order valence-electron chi connectivity index (χ1n) is 7.06. The number of likely N-dealkylation sites (N-methyl/N-ethyl adjacent to an activating group) is 1. The molecule has 0 bridgehead atoms. The molecule has 3 rings (SSSR count). The molecule has 1 aliphatic rings. The molecular weight excluding hydrogens is 308 g/mol. The van der Waals surface area contributed by atoms with Crippen molar-refractivity contribution in [2.45, 2.75) is 32.5 Å². The second-order valence-electron chi connectivity index (χ2n) is 5.53. The van der Waals surface area contributed by atoms with Gasteiger partial charge in [0.25, 0.3) is 0 Å². The van der Waals surface area contributed by atoms with Gasteiger partial charge in [-0.25, -0.2) is 0 Å². The Labute approximate surface area is 133 Å². The number of likely N-dealkylation sites (tertiary alicyclic amines) is 1. The monoisotopic (exact) mass is 326 g/mol. The van der Waals surface area contributed by atoms with Crippen LogP contribution in [0.1, 0.15) is 23.0 Å². The molecule has 0 aromatic carbocycles. The van der Waals surface area contributed by atoms with Crippen LogP contribution in [0, 0.1) is 6.92 Å². The predicted molar refractivity (Wildman–Crippen MR) is 83.5 cm³/mol. The molecule has 1 saturated heterocycles. The third-order valence-electron chi connectivity index (χ3n) is 3.84. The summed E-state index contributed by atoms with van der Waals surface area (Å²) >= 11 is 7.65. The quantitative estimate of drug-likeness (QED) is 0.845. The van der Waals surface area contributed by atoms with Crippen molar-refractivity contribution >= 4 is 22.9 Å². The fourth-order valence-electron chi connectivity index (χ4n) is 2.73. The van der Waals surface area contributed by atoms with Crippen molar-refractivity contribution in [3.63, 3.8) is 0 Å². The molecule has 2 aromatic rings. The lowest BCUT2D eigenvalue weighted by molar-refractivity contribution is 0.216. The number of rotatable bonds is 5. The van der Waals surface area contributed by atoms with Gasteiger partial charge in [-0.15, -0.1) is 11.3 Å². The van der Waals surface area contributed by atoms with E-state index in [4.69, 9.17) is 16.1 Å². The number of thiophene rings is 1. The lowest BCUT2D eigenvalue weighted by Crippen LogP contribution is -2.34. The molecule has 0 N–H and O–H groups in total. The fraction of sp³-hybridized carbons (Fsp3) is 0.571. The summed E-state index contributed by atoms with van der Waals surface area (Å²) in [7, 11) is 2.13. The summed E-state index contributed by atoms with van der Waals surface area (Å²) in [4.78, 5) is 10.4. The first-order valence-corrected chi connectivity index (χ1v) is 8.25. The van der Waals surface area contributed by atoms with Crippen LogP contribution < -0.4 is 0 Å². The summed E-state index contributed by atoms with van der Waals surface area (Å²) < 4.78 is 5.89. The minimum Gasteiger partial charge on any atom is -0.340 e. The van der Waals surface area contributed by atoms with Crippen molar-refractivity contribution in [2.75, 3.05) is 20.1 Å². The number of aryl methyl sites for hydroxylation is 1. The van der Waals surface area contributed by atoms with Crippen LogP contribution in [0.3, 0.4) is 0 Å². The SMILES string of the molecule is Cc1nc(CN(C)C2CCN(Cc3ccc(Cl)s3)C2)no1. The van der Waals surface area contributed by atoms with Crippen LogP contribution in [0.5, 0.6) is 0 Å². The standard InChI is InChI=1S/C14H19ClN4OS/c1-10-16-14(17-20-10)9-18(2)11-5-6-19(7-11)8-12-3-4-13(15)21-12/h3-4,11H,5-9H2,1-2H3. The first kappa shape index (κ1) is 15.0. The van der Waals surface area contributed by atoms with Crippen LogP contribution in [-0.2, 0) is 13.1 Å². The molecule has 0 spiro atoms. The zero-order valence-corrected chi connectivity index (χ0v) is 13.8. The summed E-state index contributed by atoms with van der Waals surface area (Å²) in [5.74, 6) is 1.39. The van der Waals surface area contributed by atoms with Crippen LogP contribution in [0.2, 0.25) is 4.34 Å². The Morgan fingerprint density at radius 1 is 1.52 bits per heavy atom. The smallest absolute Gasteiger partial charge is 0.223 e. The van der Waals surface area contributed by atoms with Gasteiger partial charge in [-0.2, -0.15) is 4.98 Å². The number of halogens is 1. The van der Waals surface area contributed by atoms with Gasteiger partial charge >= 0.3 is 0 Å². The highest BCUT2D eigenvalue weighted by Crippen LogP contribution is 2.25. The fourth-order valence-corrected chi connectivity index (χ4v) is 3.86. The van der Waals surface area contributed by atoms with Gasteiger partial charge in [0, 0.05) is 37.5 Å². The number of aromatic nitrogens is 2. The predicted octanol–water partition coefficient (Wildman–Crippen LogP) is 2.80. The molecule has 1 atom stereocenters. The molecule has 0 saturated carbocycles. The van der Waals surface area contributed by atoms with E-state index >= 15 is 0 Å². The summed E-state index contributed by atoms with van der Waals surface area (Å²) in [5.41, 5.74) is 0. The molecule has 114 valence electrons. The van der Waals surface area contributed by atoms with Crippen molar-refractivity contribution in [1.29, 1.82) is 0 Å². The Morgan fingerprint density at radius 3 is 3.05 bits per heavy atom. The van der Waals surface area contributed by atoms with Crippen molar-refractivity contribution < 1.29 is 4.52 Å². The van der Waals surface area contributed by atoms with E-state index in [0.717, 1.165) is 36.3 Å². The van der Waals surface area contributed by atoms with Crippen molar-refractivity contribution in [2.24, 2.45) is 0 Å². The van der Waals surface area contributed by atoms with Crippen LogP contribution in [0.4, 0.5) is 0 Å². The number of nitrogens with zero attached hydrogens (tertiary/aromatic N) is 4. The average molecular weight is 327 g/mol. The second-order valence-corrected chi connectivity index (χ2v) is 7.33. The van der Waals surface area contributed by atoms with Gasteiger partial charge in [-0.1, -0.05) is 16.8 Å². The minimum atomic E-state index is 0.541. The van der Waals surface area contributed by atoms with Gasteiger partial charge in [0.2, 0.25) is 5.89 Å². The van der Waals surface area contributed by atoms with Crippen molar-refractivity contribution in [3.05, 3.63) is 33.1 Å². The number of hydrogen-bond donors (Lipinski definition) is 0. The molecule has 0 aliphatic carbocycles. The first-order chi connectivity index (χ1) is 10.1. The van der Waals surface area contributed by atoms with Crippen LogP contribution in [-0.4, -0.2) is 46.1 Å². The molecule has 0 radical (unpaired) electrons. The Balaban J connectivity index is 1.51. The van der Waals surface area contributed by atoms with Crippen LogP contribution in [0.25, 0.3) is 0 Å². The van der Waals surface area contributed by atoms with E-state index in [0.29, 0.717) is 11.9 Å². The maximum Gasteiger partial charge on any atom is 0.223 e. The molecular formula is C14H19ClN4OS. The molecule has 0 amide bonds. The van der Waals surface area contributed by atoms with E-state index in [9.17, 15) is 0 Å². The largest absolute Gasteiger partial charge is 0.340 e. The molecule has 1 fully saturated rings. The lowest BCUT2D eigenvalue weighted by Gasteiger charge is -2.23. The molecule has 7 heteroatoms. The summed E-state index contributed by atoms with van der Waals surface area (Å²) in [5, 5.41) is 3.96.